The molecule has 1 saturated heterocycles. The topological polar surface area (TPSA) is 101 Å². The number of aliphatic imine (C=N–C) groups is 1. The Hall–Kier alpha value is -1.73. The van der Waals surface area contributed by atoms with Crippen LogP contribution in [0.1, 0.15) is 19.3 Å². The van der Waals surface area contributed by atoms with Gasteiger partial charge in [0.25, 0.3) is 0 Å². The van der Waals surface area contributed by atoms with Crippen molar-refractivity contribution in [2.24, 2.45) is 4.99 Å². The number of carbonyl (C=O) groups excluding carboxylic acids is 1. The third kappa shape index (κ3) is 3.38. The lowest BCUT2D eigenvalue weighted by molar-refractivity contribution is -0.112. The predicted molar refractivity (Wildman–Crippen MR) is 66.6 cm³/mol. The maximum absolute atomic E-state index is 11.5. The second-order valence-electron chi connectivity index (χ2n) is 4.36. The van der Waals surface area contributed by atoms with Crippen molar-refractivity contribution < 1.29 is 10.0 Å². The number of guanidine groups is 1. The monoisotopic (exact) mass is 251 g/mol. The van der Waals surface area contributed by atoms with Gasteiger partial charge in [0.15, 0.2) is 11.8 Å². The molecule has 2 rings (SSSR count). The summed E-state index contributed by atoms with van der Waals surface area (Å²) < 4.78 is 0. The lowest BCUT2D eigenvalue weighted by Gasteiger charge is -2.28. The Bertz CT molecular complexity index is 396. The quantitative estimate of drug-likeness (QED) is 0.383. The number of hydroxylamine groups is 2. The minimum absolute atomic E-state index is 0.0776. The van der Waals surface area contributed by atoms with E-state index >= 15 is 0 Å². The summed E-state index contributed by atoms with van der Waals surface area (Å²) in [6, 6.07) is 0.142. The predicted octanol–water partition coefficient (Wildman–Crippen LogP) is -0.161. The first-order valence-corrected chi connectivity index (χ1v) is 5.97. The smallest absolute Gasteiger partial charge is 0.201 e. The number of allylic oxidation sites excluding steroid dienone is 1. The Kier molecular flexibility index (Phi) is 4.06. The van der Waals surface area contributed by atoms with E-state index in [0.717, 1.165) is 12.8 Å². The Morgan fingerprint density at radius 1 is 1.50 bits per heavy atom. The third-order valence-electron chi connectivity index (χ3n) is 2.94. The molecular formula is C11H17N5O2. The Morgan fingerprint density at radius 2 is 2.22 bits per heavy atom. The van der Waals surface area contributed by atoms with Gasteiger partial charge in [-0.05, 0) is 12.8 Å². The molecule has 0 aromatic heterocycles. The number of nitrogens with one attached hydrogen (secondary N) is 3. The van der Waals surface area contributed by atoms with Gasteiger partial charge in [-0.3, -0.25) is 10.2 Å². The van der Waals surface area contributed by atoms with Crippen LogP contribution in [0.25, 0.3) is 0 Å². The molecule has 0 atom stereocenters. The van der Waals surface area contributed by atoms with E-state index in [2.05, 4.69) is 15.6 Å². The van der Waals surface area contributed by atoms with Crippen LogP contribution in [0.5, 0.6) is 0 Å². The van der Waals surface area contributed by atoms with Crippen molar-refractivity contribution in [1.82, 2.24) is 15.7 Å². The lowest BCUT2D eigenvalue weighted by Crippen LogP contribution is -2.50. The molecule has 0 unspecified atom stereocenters. The van der Waals surface area contributed by atoms with Crippen LogP contribution < -0.4 is 10.6 Å². The zero-order valence-corrected chi connectivity index (χ0v) is 10.0. The van der Waals surface area contributed by atoms with E-state index in [-0.39, 0.29) is 23.6 Å². The molecule has 98 valence electrons. The summed E-state index contributed by atoms with van der Waals surface area (Å²) in [5, 5.41) is 23.9. The summed E-state index contributed by atoms with van der Waals surface area (Å²) in [6.45, 7) is 1.18. The van der Waals surface area contributed by atoms with Gasteiger partial charge in [0, 0.05) is 31.8 Å². The molecule has 4 N–H and O–H groups in total. The van der Waals surface area contributed by atoms with Crippen LogP contribution in [-0.2, 0) is 4.79 Å². The number of hydrogen-bond acceptors (Lipinski definition) is 5. The van der Waals surface area contributed by atoms with Gasteiger partial charge in [-0.1, -0.05) is 6.08 Å². The van der Waals surface area contributed by atoms with Crippen molar-refractivity contribution in [3.05, 3.63) is 12.3 Å². The van der Waals surface area contributed by atoms with Gasteiger partial charge in [-0.25, -0.2) is 4.99 Å². The van der Waals surface area contributed by atoms with E-state index in [1.54, 1.807) is 12.3 Å². The van der Waals surface area contributed by atoms with E-state index in [9.17, 15) is 10.0 Å². The normalized spacial score (nSPS) is 21.6. The molecule has 2 aliphatic rings. The molecule has 7 nitrogen and oxygen atoms in total. The van der Waals surface area contributed by atoms with Gasteiger partial charge >= 0.3 is 0 Å². The molecule has 7 heteroatoms. The largest absolute Gasteiger partial charge is 0.353 e. The number of nitrogens with zero attached hydrogens (tertiary/aromatic N) is 2. The van der Waals surface area contributed by atoms with Crippen molar-refractivity contribution in [3.8, 4) is 0 Å². The highest BCUT2D eigenvalue weighted by atomic mass is 16.5. The fourth-order valence-electron chi connectivity index (χ4n) is 1.93. The number of carbonyl (C=O) groups is 1. The molecule has 18 heavy (non-hydrogen) atoms. The van der Waals surface area contributed by atoms with E-state index in [1.807, 2.05) is 0 Å². The van der Waals surface area contributed by atoms with Crippen molar-refractivity contribution in [1.29, 1.82) is 5.41 Å². The average molecular weight is 251 g/mol. The molecule has 2 heterocycles. The molecule has 0 aliphatic carbocycles. The highest BCUT2D eigenvalue weighted by molar-refractivity contribution is 6.42. The van der Waals surface area contributed by atoms with Crippen molar-refractivity contribution in [2.75, 3.05) is 13.1 Å². The number of Topliss-reactive ketones (excluding diaryl/α,β-unsaturated/α-hetero) is 1. The first kappa shape index (κ1) is 12.7. The number of ketones is 1. The fraction of sp³-hybridized carbons (Fsp3) is 0.545. The minimum atomic E-state index is -0.116. The molecule has 0 aromatic carbocycles. The summed E-state index contributed by atoms with van der Waals surface area (Å²) in [6.07, 6.45) is 5.09. The van der Waals surface area contributed by atoms with E-state index in [4.69, 9.17) is 5.41 Å². The fourth-order valence-corrected chi connectivity index (χ4v) is 1.93. The third-order valence-corrected chi connectivity index (χ3v) is 2.94. The van der Waals surface area contributed by atoms with E-state index in [1.165, 1.54) is 5.06 Å². The van der Waals surface area contributed by atoms with E-state index < -0.39 is 0 Å². The van der Waals surface area contributed by atoms with Crippen molar-refractivity contribution >= 4 is 17.6 Å². The Morgan fingerprint density at radius 3 is 2.89 bits per heavy atom. The first-order valence-electron chi connectivity index (χ1n) is 5.97. The standard InChI is InChI=1S/C11H17N5O2/c12-11(14-8-3-6-16(18)7-4-8)15-10-9(17)2-1-5-13-10/h1,5,8,18H,2-4,6-7H2,(H3,12,13,14,15). The Labute approximate surface area is 105 Å². The number of hydrogen-bond donors (Lipinski definition) is 4. The van der Waals surface area contributed by atoms with Crippen molar-refractivity contribution in [3.63, 3.8) is 0 Å². The zero-order valence-electron chi connectivity index (χ0n) is 10.0. The summed E-state index contributed by atoms with van der Waals surface area (Å²) in [5.41, 5.74) is 0. The highest BCUT2D eigenvalue weighted by Crippen LogP contribution is 2.07. The van der Waals surface area contributed by atoms with Crippen LogP contribution in [-0.4, -0.2) is 47.0 Å². The van der Waals surface area contributed by atoms with Crippen LogP contribution >= 0.6 is 0 Å². The van der Waals surface area contributed by atoms with Crippen LogP contribution in [0.15, 0.2) is 17.3 Å². The summed E-state index contributed by atoms with van der Waals surface area (Å²) in [4.78, 5) is 15.4. The maximum atomic E-state index is 11.5. The number of piperidine rings is 1. The second-order valence-corrected chi connectivity index (χ2v) is 4.36. The van der Waals surface area contributed by atoms with Gasteiger partial charge in [0.1, 0.15) is 0 Å². The number of amidine groups is 1. The molecule has 1 fully saturated rings. The molecule has 0 spiro atoms. The summed E-state index contributed by atoms with van der Waals surface area (Å²) in [7, 11) is 0. The van der Waals surface area contributed by atoms with Gasteiger partial charge < -0.3 is 15.8 Å². The first-order chi connectivity index (χ1) is 8.65. The second kappa shape index (κ2) is 5.74. The highest BCUT2D eigenvalue weighted by Gasteiger charge is 2.20. The van der Waals surface area contributed by atoms with E-state index in [0.29, 0.717) is 19.5 Å². The molecule has 0 aromatic rings. The van der Waals surface area contributed by atoms with Gasteiger partial charge in [-0.15, -0.1) is 0 Å². The van der Waals surface area contributed by atoms with Crippen LogP contribution in [0.3, 0.4) is 0 Å². The van der Waals surface area contributed by atoms with Gasteiger partial charge in [0.05, 0.1) is 0 Å². The summed E-state index contributed by atoms with van der Waals surface area (Å²) in [5.74, 6) is 0.164. The average Bonchev–Trinajstić information content (AvgIpc) is 2.35. The maximum Gasteiger partial charge on any atom is 0.201 e. The Balaban J connectivity index is 1.80. The molecule has 0 radical (unpaired) electrons. The summed E-state index contributed by atoms with van der Waals surface area (Å²) >= 11 is 0. The van der Waals surface area contributed by atoms with Gasteiger partial charge in [-0.2, -0.15) is 5.06 Å². The van der Waals surface area contributed by atoms with Crippen LogP contribution in [0, 0.1) is 5.41 Å². The van der Waals surface area contributed by atoms with Crippen LogP contribution in [0.2, 0.25) is 0 Å². The van der Waals surface area contributed by atoms with Gasteiger partial charge in [0.2, 0.25) is 5.78 Å². The van der Waals surface area contributed by atoms with Crippen LogP contribution in [0.4, 0.5) is 0 Å². The number of rotatable bonds is 1. The molecular weight excluding hydrogens is 234 g/mol. The molecule has 0 bridgehead atoms. The van der Waals surface area contributed by atoms with Crippen molar-refractivity contribution in [2.45, 2.75) is 25.3 Å². The molecule has 2 aliphatic heterocycles. The minimum Gasteiger partial charge on any atom is -0.353 e. The lowest BCUT2D eigenvalue weighted by atomic mass is 10.1. The zero-order chi connectivity index (χ0) is 13.0. The molecule has 0 saturated carbocycles. The molecule has 0 amide bonds. The SMILES string of the molecule is N=C(NC1=NC=CCC1=O)NC1CCN(O)CC1.